The first-order chi connectivity index (χ1) is 9.32. The van der Waals surface area contributed by atoms with Gasteiger partial charge in [-0.25, -0.2) is 0 Å². The first-order valence-electron chi connectivity index (χ1n) is 6.38. The van der Waals surface area contributed by atoms with E-state index in [9.17, 15) is 14.7 Å². The van der Waals surface area contributed by atoms with Gasteiger partial charge in [-0.3, -0.25) is 9.59 Å². The molecular formula is C14H18N2O4. The van der Waals surface area contributed by atoms with Crippen molar-refractivity contribution >= 4 is 23.2 Å². The van der Waals surface area contributed by atoms with Crippen molar-refractivity contribution in [2.75, 3.05) is 17.7 Å². The number of carbonyl (C=O) groups excluding carboxylic acids is 2. The van der Waals surface area contributed by atoms with Crippen LogP contribution in [-0.4, -0.2) is 24.0 Å². The van der Waals surface area contributed by atoms with E-state index in [1.807, 2.05) is 0 Å². The number of phenols is 1. The summed E-state index contributed by atoms with van der Waals surface area (Å²) < 4.78 is 5.23. The van der Waals surface area contributed by atoms with Gasteiger partial charge in [0.1, 0.15) is 11.5 Å². The lowest BCUT2D eigenvalue weighted by atomic mass is 9.85. The highest BCUT2D eigenvalue weighted by molar-refractivity contribution is 6.09. The molecule has 20 heavy (non-hydrogen) atoms. The molecule has 3 N–H and O–H groups in total. The molecule has 0 aliphatic carbocycles. The zero-order valence-electron chi connectivity index (χ0n) is 12.0. The first kappa shape index (κ1) is 14.2. The second-order valence-electron chi connectivity index (χ2n) is 5.21. The van der Waals surface area contributed by atoms with Crippen molar-refractivity contribution in [2.45, 2.75) is 32.6 Å². The van der Waals surface area contributed by atoms with Crippen LogP contribution in [0.5, 0.6) is 11.5 Å². The second-order valence-corrected chi connectivity index (χ2v) is 5.21. The Kier molecular flexibility index (Phi) is 3.33. The molecule has 6 nitrogen and oxygen atoms in total. The number of rotatable bonds is 3. The van der Waals surface area contributed by atoms with Crippen molar-refractivity contribution in [2.24, 2.45) is 0 Å². The molecule has 0 bridgehead atoms. The number of hydrogen-bond donors (Lipinski definition) is 3. The number of anilines is 2. The molecule has 0 spiro atoms. The molecule has 1 aliphatic heterocycles. The standard InChI is InChI=1S/C14H18N2O4/c1-5-9(17)15-7-6-8(20-4)11-10(12(7)18)14(2,3)13(19)16-11/h6,18H,5H2,1-4H3,(H,15,17)(H,16,19). The molecule has 6 heteroatoms. The fourth-order valence-electron chi connectivity index (χ4n) is 2.26. The topological polar surface area (TPSA) is 87.7 Å². The van der Waals surface area contributed by atoms with Crippen molar-refractivity contribution in [3.8, 4) is 11.5 Å². The Hall–Kier alpha value is -2.24. The fraction of sp³-hybridized carbons (Fsp3) is 0.429. The van der Waals surface area contributed by atoms with Crippen LogP contribution >= 0.6 is 0 Å². The average molecular weight is 278 g/mol. The van der Waals surface area contributed by atoms with Crippen molar-refractivity contribution in [1.82, 2.24) is 0 Å². The van der Waals surface area contributed by atoms with Gasteiger partial charge in [0.25, 0.3) is 0 Å². The van der Waals surface area contributed by atoms with E-state index in [1.54, 1.807) is 20.8 Å². The number of carbonyl (C=O) groups is 2. The van der Waals surface area contributed by atoms with Gasteiger partial charge in [0, 0.05) is 18.1 Å². The number of fused-ring (bicyclic) bond motifs is 1. The van der Waals surface area contributed by atoms with Crippen LogP contribution in [-0.2, 0) is 15.0 Å². The third-order valence-corrected chi connectivity index (χ3v) is 3.51. The number of methoxy groups -OCH3 is 1. The summed E-state index contributed by atoms with van der Waals surface area (Å²) in [7, 11) is 1.47. The maximum Gasteiger partial charge on any atom is 0.234 e. The Morgan fingerprint density at radius 2 is 2.15 bits per heavy atom. The van der Waals surface area contributed by atoms with Gasteiger partial charge in [-0.05, 0) is 13.8 Å². The minimum atomic E-state index is -0.889. The molecule has 0 aromatic heterocycles. The zero-order valence-corrected chi connectivity index (χ0v) is 12.0. The van der Waals surface area contributed by atoms with Gasteiger partial charge in [0.15, 0.2) is 0 Å². The summed E-state index contributed by atoms with van der Waals surface area (Å²) in [5.41, 5.74) is 0.249. The molecule has 108 valence electrons. The lowest BCUT2D eigenvalue weighted by Crippen LogP contribution is -2.27. The van der Waals surface area contributed by atoms with Crippen molar-refractivity contribution in [3.63, 3.8) is 0 Å². The Balaban J connectivity index is 2.63. The molecule has 1 aromatic carbocycles. The monoisotopic (exact) mass is 278 g/mol. The van der Waals surface area contributed by atoms with E-state index >= 15 is 0 Å². The van der Waals surface area contributed by atoms with Crippen LogP contribution in [0.15, 0.2) is 6.07 Å². The average Bonchev–Trinajstić information content (AvgIpc) is 2.64. The zero-order chi connectivity index (χ0) is 15.1. The third kappa shape index (κ3) is 1.97. The van der Waals surface area contributed by atoms with Crippen LogP contribution < -0.4 is 15.4 Å². The highest BCUT2D eigenvalue weighted by Crippen LogP contribution is 2.50. The first-order valence-corrected chi connectivity index (χ1v) is 6.38. The van der Waals surface area contributed by atoms with Crippen LogP contribution in [0, 0.1) is 0 Å². The molecule has 0 fully saturated rings. The second kappa shape index (κ2) is 4.70. The third-order valence-electron chi connectivity index (χ3n) is 3.51. The lowest BCUT2D eigenvalue weighted by Gasteiger charge is -2.19. The van der Waals surface area contributed by atoms with E-state index in [1.165, 1.54) is 13.2 Å². The van der Waals surface area contributed by atoms with Crippen LogP contribution in [0.3, 0.4) is 0 Å². The smallest absolute Gasteiger partial charge is 0.234 e. The summed E-state index contributed by atoms with van der Waals surface area (Å²) in [5.74, 6) is -0.147. The number of benzene rings is 1. The van der Waals surface area contributed by atoms with Crippen LogP contribution in [0.2, 0.25) is 0 Å². The van der Waals surface area contributed by atoms with Crippen molar-refractivity contribution in [3.05, 3.63) is 11.6 Å². The summed E-state index contributed by atoms with van der Waals surface area (Å²) in [4.78, 5) is 23.5. The van der Waals surface area contributed by atoms with Crippen molar-refractivity contribution in [1.29, 1.82) is 0 Å². The summed E-state index contributed by atoms with van der Waals surface area (Å²) in [6.07, 6.45) is 0.291. The molecule has 0 saturated heterocycles. The predicted octanol–water partition coefficient (Wildman–Crippen LogP) is 1.98. The van der Waals surface area contributed by atoms with E-state index in [-0.39, 0.29) is 23.3 Å². The van der Waals surface area contributed by atoms with E-state index in [0.717, 1.165) is 0 Å². The van der Waals surface area contributed by atoms with Gasteiger partial charge in [-0.1, -0.05) is 6.92 Å². The van der Waals surface area contributed by atoms with Crippen LogP contribution in [0.1, 0.15) is 32.8 Å². The van der Waals surface area contributed by atoms with Gasteiger partial charge in [0.2, 0.25) is 11.8 Å². The highest BCUT2D eigenvalue weighted by Gasteiger charge is 2.43. The van der Waals surface area contributed by atoms with Gasteiger partial charge in [-0.2, -0.15) is 0 Å². The number of aromatic hydroxyl groups is 1. The molecule has 0 saturated carbocycles. The summed E-state index contributed by atoms with van der Waals surface area (Å²) in [6, 6.07) is 1.50. The van der Waals surface area contributed by atoms with Crippen LogP contribution in [0.25, 0.3) is 0 Å². The number of ether oxygens (including phenoxy) is 1. The number of hydrogen-bond acceptors (Lipinski definition) is 4. The lowest BCUT2D eigenvalue weighted by molar-refractivity contribution is -0.119. The SMILES string of the molecule is CCC(=O)Nc1cc(OC)c2c(c1O)C(C)(C)C(=O)N2. The van der Waals surface area contributed by atoms with Crippen LogP contribution in [0.4, 0.5) is 11.4 Å². The molecule has 1 aromatic rings. The Morgan fingerprint density at radius 1 is 1.50 bits per heavy atom. The molecule has 1 aliphatic rings. The Labute approximate surface area is 117 Å². The van der Waals surface area contributed by atoms with Gasteiger partial charge in [-0.15, -0.1) is 0 Å². The molecule has 2 amide bonds. The van der Waals surface area contributed by atoms with E-state index in [0.29, 0.717) is 23.4 Å². The summed E-state index contributed by atoms with van der Waals surface area (Å²) >= 11 is 0. The number of amides is 2. The number of nitrogens with one attached hydrogen (secondary N) is 2. The van der Waals surface area contributed by atoms with Gasteiger partial charge >= 0.3 is 0 Å². The summed E-state index contributed by atoms with van der Waals surface area (Å²) in [6.45, 7) is 5.13. The molecule has 2 rings (SSSR count). The predicted molar refractivity (Wildman–Crippen MR) is 75.2 cm³/mol. The minimum Gasteiger partial charge on any atom is -0.505 e. The maximum atomic E-state index is 12.0. The largest absolute Gasteiger partial charge is 0.505 e. The molecule has 0 radical (unpaired) electrons. The van der Waals surface area contributed by atoms with E-state index < -0.39 is 5.41 Å². The van der Waals surface area contributed by atoms with Gasteiger partial charge in [0.05, 0.1) is 23.9 Å². The summed E-state index contributed by atoms with van der Waals surface area (Å²) in [5, 5.41) is 15.7. The maximum absolute atomic E-state index is 12.0. The number of phenolic OH excluding ortho intramolecular Hbond substituents is 1. The normalized spacial score (nSPS) is 15.5. The molecule has 1 heterocycles. The Morgan fingerprint density at radius 3 is 2.70 bits per heavy atom. The molecule has 0 atom stereocenters. The van der Waals surface area contributed by atoms with E-state index in [4.69, 9.17) is 4.74 Å². The fourth-order valence-corrected chi connectivity index (χ4v) is 2.26. The van der Waals surface area contributed by atoms with E-state index in [2.05, 4.69) is 10.6 Å². The quantitative estimate of drug-likeness (QED) is 0.738. The van der Waals surface area contributed by atoms with Crippen molar-refractivity contribution < 1.29 is 19.4 Å². The highest BCUT2D eigenvalue weighted by atomic mass is 16.5. The molecular weight excluding hydrogens is 260 g/mol. The molecule has 0 unspecified atom stereocenters. The minimum absolute atomic E-state index is 0.106. The van der Waals surface area contributed by atoms with Gasteiger partial charge < -0.3 is 20.5 Å². The Bertz CT molecular complexity index is 593.